The molecule has 116 valence electrons. The van der Waals surface area contributed by atoms with Gasteiger partial charge in [-0.05, 0) is 35.9 Å². The minimum atomic E-state index is -0.260. The standard InChI is InChI=1S/C17H13BrN2O3/c18-13-4-2-1-3-11(13)5-8-16(21)19-12-6-7-15-14(9-12)20-17(22)10-23-15/h1-9H,10H2,(H,19,21)(H,20,22)/b8-5+. The molecule has 0 aliphatic carbocycles. The van der Waals surface area contributed by atoms with Crippen molar-refractivity contribution in [1.29, 1.82) is 0 Å². The predicted octanol–water partition coefficient (Wildman–Crippen LogP) is 3.43. The van der Waals surface area contributed by atoms with Crippen LogP contribution in [0, 0.1) is 0 Å². The fourth-order valence-electron chi connectivity index (χ4n) is 2.12. The monoisotopic (exact) mass is 372 g/mol. The van der Waals surface area contributed by atoms with Gasteiger partial charge in [0.1, 0.15) is 5.75 Å². The molecule has 0 atom stereocenters. The Kier molecular flexibility index (Phi) is 4.43. The molecule has 5 nitrogen and oxygen atoms in total. The molecule has 0 aromatic heterocycles. The van der Waals surface area contributed by atoms with Gasteiger partial charge in [-0.15, -0.1) is 0 Å². The predicted molar refractivity (Wildman–Crippen MR) is 92.4 cm³/mol. The third-order valence-electron chi connectivity index (χ3n) is 3.20. The van der Waals surface area contributed by atoms with Gasteiger partial charge < -0.3 is 15.4 Å². The molecule has 2 aromatic rings. The second-order valence-electron chi connectivity index (χ2n) is 4.89. The van der Waals surface area contributed by atoms with Crippen LogP contribution < -0.4 is 15.4 Å². The molecule has 23 heavy (non-hydrogen) atoms. The fourth-order valence-corrected chi connectivity index (χ4v) is 2.54. The normalized spacial score (nSPS) is 13.2. The van der Waals surface area contributed by atoms with Crippen LogP contribution in [0.5, 0.6) is 5.75 Å². The van der Waals surface area contributed by atoms with E-state index in [1.165, 1.54) is 6.08 Å². The summed E-state index contributed by atoms with van der Waals surface area (Å²) < 4.78 is 6.18. The van der Waals surface area contributed by atoms with E-state index in [4.69, 9.17) is 4.74 Å². The van der Waals surface area contributed by atoms with Crippen molar-refractivity contribution < 1.29 is 14.3 Å². The molecule has 3 rings (SSSR count). The second kappa shape index (κ2) is 6.66. The zero-order valence-electron chi connectivity index (χ0n) is 12.0. The number of amides is 2. The van der Waals surface area contributed by atoms with Crippen molar-refractivity contribution in [2.75, 3.05) is 17.2 Å². The number of hydrogen-bond acceptors (Lipinski definition) is 3. The van der Waals surface area contributed by atoms with Gasteiger partial charge in [0.25, 0.3) is 5.91 Å². The highest BCUT2D eigenvalue weighted by molar-refractivity contribution is 9.10. The van der Waals surface area contributed by atoms with E-state index in [1.54, 1.807) is 24.3 Å². The number of ether oxygens (including phenoxy) is 1. The van der Waals surface area contributed by atoms with E-state index < -0.39 is 0 Å². The van der Waals surface area contributed by atoms with Crippen molar-refractivity contribution in [2.45, 2.75) is 0 Å². The van der Waals surface area contributed by atoms with Crippen LogP contribution >= 0.6 is 15.9 Å². The highest BCUT2D eigenvalue weighted by Gasteiger charge is 2.16. The first-order valence-corrected chi connectivity index (χ1v) is 7.71. The number of carbonyl (C=O) groups is 2. The molecule has 2 N–H and O–H groups in total. The molecule has 0 saturated heterocycles. The summed E-state index contributed by atoms with van der Waals surface area (Å²) >= 11 is 3.42. The van der Waals surface area contributed by atoms with E-state index in [0.29, 0.717) is 17.1 Å². The molecule has 2 amide bonds. The Morgan fingerprint density at radius 1 is 1.26 bits per heavy atom. The van der Waals surface area contributed by atoms with E-state index in [2.05, 4.69) is 26.6 Å². The number of carbonyl (C=O) groups excluding carboxylic acids is 2. The number of halogens is 1. The molecule has 0 spiro atoms. The summed E-state index contributed by atoms with van der Waals surface area (Å²) in [5, 5.41) is 5.45. The highest BCUT2D eigenvalue weighted by atomic mass is 79.9. The summed E-state index contributed by atoms with van der Waals surface area (Å²) in [6.07, 6.45) is 3.18. The summed E-state index contributed by atoms with van der Waals surface area (Å²) in [7, 11) is 0. The van der Waals surface area contributed by atoms with Crippen LogP contribution in [0.25, 0.3) is 6.08 Å². The van der Waals surface area contributed by atoms with Crippen LogP contribution in [0.1, 0.15) is 5.56 Å². The van der Waals surface area contributed by atoms with Gasteiger partial charge in [0.15, 0.2) is 6.61 Å². The maximum atomic E-state index is 12.0. The first-order valence-electron chi connectivity index (χ1n) is 6.92. The number of anilines is 2. The molecule has 1 aliphatic rings. The first-order chi connectivity index (χ1) is 11.1. The van der Waals surface area contributed by atoms with E-state index in [0.717, 1.165) is 10.0 Å². The van der Waals surface area contributed by atoms with Crippen LogP contribution in [0.4, 0.5) is 11.4 Å². The van der Waals surface area contributed by atoms with Crippen molar-refractivity contribution in [3.8, 4) is 5.75 Å². The lowest BCUT2D eigenvalue weighted by Gasteiger charge is -2.18. The maximum absolute atomic E-state index is 12.0. The summed E-state index contributed by atoms with van der Waals surface area (Å²) in [4.78, 5) is 23.3. The first kappa shape index (κ1) is 15.3. The van der Waals surface area contributed by atoms with E-state index in [-0.39, 0.29) is 18.4 Å². The average Bonchev–Trinajstić information content (AvgIpc) is 2.54. The van der Waals surface area contributed by atoms with Gasteiger partial charge in [-0.1, -0.05) is 34.1 Å². The highest BCUT2D eigenvalue weighted by Crippen LogP contribution is 2.30. The molecule has 0 saturated carbocycles. The molecule has 6 heteroatoms. The minimum absolute atomic E-state index is 0.00734. The van der Waals surface area contributed by atoms with Crippen molar-refractivity contribution in [2.24, 2.45) is 0 Å². The number of nitrogens with one attached hydrogen (secondary N) is 2. The van der Waals surface area contributed by atoms with Crippen molar-refractivity contribution in [3.63, 3.8) is 0 Å². The third kappa shape index (κ3) is 3.78. The SMILES string of the molecule is O=C(/C=C/c1ccccc1Br)Nc1ccc2c(c1)NC(=O)CO2. The van der Waals surface area contributed by atoms with Crippen LogP contribution in [0.15, 0.2) is 53.0 Å². The van der Waals surface area contributed by atoms with E-state index in [9.17, 15) is 9.59 Å². The fraction of sp³-hybridized carbons (Fsp3) is 0.0588. The summed E-state index contributed by atoms with van der Waals surface area (Å²) in [6.45, 7) is 0.00734. The number of hydrogen-bond donors (Lipinski definition) is 2. The number of fused-ring (bicyclic) bond motifs is 1. The Bertz CT molecular complexity index is 802. The molecule has 2 aromatic carbocycles. The van der Waals surface area contributed by atoms with Crippen molar-refractivity contribution >= 4 is 45.2 Å². The molecule has 1 aliphatic heterocycles. The maximum Gasteiger partial charge on any atom is 0.262 e. The van der Waals surface area contributed by atoms with Gasteiger partial charge in [0, 0.05) is 16.2 Å². The lowest BCUT2D eigenvalue weighted by Crippen LogP contribution is -2.25. The third-order valence-corrected chi connectivity index (χ3v) is 3.92. The van der Waals surface area contributed by atoms with Crippen molar-refractivity contribution in [1.82, 2.24) is 0 Å². The van der Waals surface area contributed by atoms with Gasteiger partial charge in [0.05, 0.1) is 5.69 Å². The number of benzene rings is 2. The van der Waals surface area contributed by atoms with E-state index in [1.807, 2.05) is 24.3 Å². The van der Waals surface area contributed by atoms with Gasteiger partial charge in [-0.3, -0.25) is 9.59 Å². The Labute approximate surface area is 141 Å². The van der Waals surface area contributed by atoms with Crippen LogP contribution in [0.2, 0.25) is 0 Å². The van der Waals surface area contributed by atoms with Crippen molar-refractivity contribution in [3.05, 3.63) is 58.6 Å². The van der Waals surface area contributed by atoms with Gasteiger partial charge in [-0.2, -0.15) is 0 Å². The Balaban J connectivity index is 1.70. The average molecular weight is 373 g/mol. The Hall–Kier alpha value is -2.60. The van der Waals surface area contributed by atoms with Gasteiger partial charge in [0.2, 0.25) is 5.91 Å². The Morgan fingerprint density at radius 3 is 2.91 bits per heavy atom. The smallest absolute Gasteiger partial charge is 0.262 e. The molecular weight excluding hydrogens is 360 g/mol. The second-order valence-corrected chi connectivity index (χ2v) is 5.75. The summed E-state index contributed by atoms with van der Waals surface area (Å²) in [6, 6.07) is 12.7. The zero-order chi connectivity index (χ0) is 16.2. The largest absolute Gasteiger partial charge is 0.482 e. The molecule has 0 radical (unpaired) electrons. The number of rotatable bonds is 3. The molecule has 0 bridgehead atoms. The minimum Gasteiger partial charge on any atom is -0.482 e. The van der Waals surface area contributed by atoms with Crippen LogP contribution in [-0.2, 0) is 9.59 Å². The summed E-state index contributed by atoms with van der Waals surface area (Å²) in [5.41, 5.74) is 2.04. The molecule has 0 unspecified atom stereocenters. The molecule has 0 fully saturated rings. The zero-order valence-corrected chi connectivity index (χ0v) is 13.6. The van der Waals surface area contributed by atoms with Crippen LogP contribution in [-0.4, -0.2) is 18.4 Å². The molecular formula is C17H13BrN2O3. The lowest BCUT2D eigenvalue weighted by atomic mass is 10.2. The Morgan fingerprint density at radius 2 is 2.09 bits per heavy atom. The topological polar surface area (TPSA) is 67.4 Å². The van der Waals surface area contributed by atoms with Gasteiger partial charge in [-0.25, -0.2) is 0 Å². The van der Waals surface area contributed by atoms with Crippen LogP contribution in [0.3, 0.4) is 0 Å². The van der Waals surface area contributed by atoms with Gasteiger partial charge >= 0.3 is 0 Å². The summed E-state index contributed by atoms with van der Waals surface area (Å²) in [5.74, 6) is 0.116. The lowest BCUT2D eigenvalue weighted by molar-refractivity contribution is -0.118. The molecule has 1 heterocycles. The quantitative estimate of drug-likeness (QED) is 0.811. The van der Waals surface area contributed by atoms with E-state index >= 15 is 0 Å².